The highest BCUT2D eigenvalue weighted by Crippen LogP contribution is 2.39. The Morgan fingerprint density at radius 3 is 2.59 bits per heavy atom. The van der Waals surface area contributed by atoms with Crippen LogP contribution in [0.15, 0.2) is 51.7 Å². The van der Waals surface area contributed by atoms with Gasteiger partial charge in [-0.3, -0.25) is 4.79 Å². The number of fused-ring (bicyclic) bond motifs is 1. The van der Waals surface area contributed by atoms with Gasteiger partial charge in [0.05, 0.1) is 16.0 Å². The van der Waals surface area contributed by atoms with Crippen LogP contribution in [-0.4, -0.2) is 17.7 Å². The van der Waals surface area contributed by atoms with Crippen LogP contribution in [0.1, 0.15) is 5.56 Å². The molecule has 5 nitrogen and oxygen atoms in total. The van der Waals surface area contributed by atoms with Crippen molar-refractivity contribution in [3.8, 4) is 17.1 Å². The quantitative estimate of drug-likeness (QED) is 0.695. The van der Waals surface area contributed by atoms with Crippen molar-refractivity contribution < 1.29 is 32.2 Å². The van der Waals surface area contributed by atoms with E-state index in [1.54, 1.807) is 6.07 Å². The first kappa shape index (κ1) is 18.8. The Kier molecular flexibility index (Phi) is 4.84. The molecular formula is C18H10ClF3O5. The topological polar surface area (TPSA) is 76.7 Å². The Hall–Kier alpha value is -3.00. The van der Waals surface area contributed by atoms with Crippen molar-refractivity contribution in [1.82, 2.24) is 0 Å². The first-order valence-corrected chi connectivity index (χ1v) is 7.83. The maximum Gasteiger partial charge on any atom is 0.419 e. The van der Waals surface area contributed by atoms with E-state index >= 15 is 0 Å². The van der Waals surface area contributed by atoms with Crippen LogP contribution in [-0.2, 0) is 11.0 Å². The summed E-state index contributed by atoms with van der Waals surface area (Å²) in [5, 5.41) is 9.05. The largest absolute Gasteiger partial charge is 0.481 e. The number of carbonyl (C=O) groups is 1. The van der Waals surface area contributed by atoms with Crippen molar-refractivity contribution in [3.05, 3.63) is 63.3 Å². The fourth-order valence-electron chi connectivity index (χ4n) is 2.45. The molecule has 3 aromatic rings. The van der Waals surface area contributed by atoms with E-state index in [4.69, 9.17) is 25.9 Å². The van der Waals surface area contributed by atoms with Crippen LogP contribution < -0.4 is 10.2 Å². The van der Waals surface area contributed by atoms with Gasteiger partial charge in [-0.2, -0.15) is 13.2 Å². The molecule has 1 aromatic heterocycles. The van der Waals surface area contributed by atoms with E-state index in [1.165, 1.54) is 12.1 Å². The lowest BCUT2D eigenvalue weighted by atomic mass is 10.1. The molecule has 0 spiro atoms. The van der Waals surface area contributed by atoms with Crippen LogP contribution >= 0.6 is 11.6 Å². The highest BCUT2D eigenvalue weighted by molar-refractivity contribution is 6.34. The van der Waals surface area contributed by atoms with E-state index in [2.05, 4.69) is 0 Å². The minimum atomic E-state index is -4.75. The number of aliphatic carboxylic acids is 1. The minimum absolute atomic E-state index is 0.0329. The third-order valence-electron chi connectivity index (χ3n) is 3.63. The van der Waals surface area contributed by atoms with E-state index < -0.39 is 35.5 Å². The van der Waals surface area contributed by atoms with Crippen molar-refractivity contribution in [1.29, 1.82) is 0 Å². The Morgan fingerprint density at radius 2 is 1.93 bits per heavy atom. The summed E-state index contributed by atoms with van der Waals surface area (Å²) in [6, 6.07) is 8.47. The monoisotopic (exact) mass is 398 g/mol. The summed E-state index contributed by atoms with van der Waals surface area (Å²) < 4.78 is 49.7. The predicted molar refractivity (Wildman–Crippen MR) is 91.1 cm³/mol. The van der Waals surface area contributed by atoms with Gasteiger partial charge in [0.1, 0.15) is 11.5 Å². The van der Waals surface area contributed by atoms with Crippen molar-refractivity contribution >= 4 is 28.5 Å². The van der Waals surface area contributed by atoms with E-state index in [1.807, 2.05) is 0 Å². The van der Waals surface area contributed by atoms with E-state index in [9.17, 15) is 22.8 Å². The second-order valence-electron chi connectivity index (χ2n) is 5.48. The average Bonchev–Trinajstić information content (AvgIpc) is 2.59. The van der Waals surface area contributed by atoms with Crippen molar-refractivity contribution in [2.45, 2.75) is 6.18 Å². The lowest BCUT2D eigenvalue weighted by molar-refractivity contribution is -0.143. The number of carboxylic acid groups (broad SMARTS) is 1. The molecule has 27 heavy (non-hydrogen) atoms. The fraction of sp³-hybridized carbons (Fsp3) is 0.111. The number of halogens is 4. The van der Waals surface area contributed by atoms with Gasteiger partial charge in [0.25, 0.3) is 0 Å². The molecule has 1 heterocycles. The molecule has 1 N–H and O–H groups in total. The lowest BCUT2D eigenvalue weighted by Crippen LogP contribution is -2.14. The van der Waals surface area contributed by atoms with Crippen molar-refractivity contribution in [3.63, 3.8) is 0 Å². The number of rotatable bonds is 4. The number of ether oxygens (including phenoxy) is 1. The van der Waals surface area contributed by atoms with Gasteiger partial charge >= 0.3 is 12.1 Å². The second-order valence-corrected chi connectivity index (χ2v) is 5.89. The van der Waals surface area contributed by atoms with Gasteiger partial charge in [-0.25, -0.2) is 4.79 Å². The molecule has 0 aliphatic rings. The van der Waals surface area contributed by atoms with Crippen LogP contribution in [0.2, 0.25) is 5.02 Å². The molecule has 3 rings (SSSR count). The average molecular weight is 399 g/mol. The third kappa shape index (κ3) is 3.90. The Morgan fingerprint density at radius 1 is 1.19 bits per heavy atom. The molecule has 0 unspecified atom stereocenters. The zero-order valence-corrected chi connectivity index (χ0v) is 14.1. The van der Waals surface area contributed by atoms with Crippen molar-refractivity contribution in [2.24, 2.45) is 0 Å². The molecule has 0 bridgehead atoms. The molecule has 0 atom stereocenters. The van der Waals surface area contributed by atoms with Crippen LogP contribution in [0.4, 0.5) is 13.2 Å². The first-order valence-electron chi connectivity index (χ1n) is 7.45. The van der Waals surface area contributed by atoms with Gasteiger partial charge in [-0.15, -0.1) is 0 Å². The van der Waals surface area contributed by atoms with E-state index in [0.29, 0.717) is 0 Å². The lowest BCUT2D eigenvalue weighted by Gasteiger charge is -2.14. The van der Waals surface area contributed by atoms with Crippen molar-refractivity contribution in [2.75, 3.05) is 6.61 Å². The third-order valence-corrected chi connectivity index (χ3v) is 3.93. The highest BCUT2D eigenvalue weighted by atomic mass is 35.5. The molecular weight excluding hydrogens is 389 g/mol. The van der Waals surface area contributed by atoms with Crippen LogP contribution in [0.3, 0.4) is 0 Å². The number of alkyl halides is 3. The molecule has 9 heteroatoms. The van der Waals surface area contributed by atoms with Gasteiger partial charge in [0.2, 0.25) is 0 Å². The number of benzene rings is 2. The molecule has 0 aliphatic carbocycles. The van der Waals surface area contributed by atoms with E-state index in [-0.39, 0.29) is 27.3 Å². The van der Waals surface area contributed by atoms with Gasteiger partial charge in [-0.1, -0.05) is 23.7 Å². The Bertz CT molecular complexity index is 1090. The summed E-state index contributed by atoms with van der Waals surface area (Å²) in [7, 11) is 0. The van der Waals surface area contributed by atoms with Crippen LogP contribution in [0.5, 0.6) is 5.75 Å². The molecule has 0 aliphatic heterocycles. The van der Waals surface area contributed by atoms with Crippen LogP contribution in [0, 0.1) is 0 Å². The maximum absolute atomic E-state index is 13.1. The molecule has 0 amide bonds. The summed E-state index contributed by atoms with van der Waals surface area (Å²) in [5.41, 5.74) is -1.38. The SMILES string of the molecule is O=C(O)COc1cc(-c2cc(=O)c3cccc(Cl)c3o2)ccc1C(F)(F)F. The Balaban J connectivity index is 2.16. The van der Waals surface area contributed by atoms with Crippen LogP contribution in [0.25, 0.3) is 22.3 Å². The summed E-state index contributed by atoms with van der Waals surface area (Å²) in [6.07, 6.45) is -4.75. The number of para-hydroxylation sites is 1. The molecule has 2 aromatic carbocycles. The number of hydrogen-bond acceptors (Lipinski definition) is 4. The van der Waals surface area contributed by atoms with Gasteiger partial charge in [-0.05, 0) is 24.3 Å². The summed E-state index contributed by atoms with van der Waals surface area (Å²) >= 11 is 6.02. The van der Waals surface area contributed by atoms with Gasteiger partial charge in [0.15, 0.2) is 17.6 Å². The first-order chi connectivity index (χ1) is 12.7. The second kappa shape index (κ2) is 6.96. The number of carboxylic acids is 1. The normalized spacial score (nSPS) is 11.6. The predicted octanol–water partition coefficient (Wildman–Crippen LogP) is 4.60. The molecule has 140 valence electrons. The van der Waals surface area contributed by atoms with E-state index in [0.717, 1.165) is 24.3 Å². The minimum Gasteiger partial charge on any atom is -0.481 e. The zero-order valence-electron chi connectivity index (χ0n) is 13.3. The highest BCUT2D eigenvalue weighted by Gasteiger charge is 2.34. The summed E-state index contributed by atoms with van der Waals surface area (Å²) in [5.74, 6) is -2.16. The zero-order chi connectivity index (χ0) is 19.8. The number of hydrogen-bond donors (Lipinski definition) is 1. The molecule has 0 radical (unpaired) electrons. The Labute approximate surface area is 154 Å². The maximum atomic E-state index is 13.1. The van der Waals surface area contributed by atoms with Gasteiger partial charge in [0, 0.05) is 11.6 Å². The molecule has 0 saturated carbocycles. The summed E-state index contributed by atoms with van der Waals surface area (Å²) in [6.45, 7) is -0.958. The van der Waals surface area contributed by atoms with Gasteiger partial charge < -0.3 is 14.3 Å². The summed E-state index contributed by atoms with van der Waals surface area (Å²) in [4.78, 5) is 22.9. The fourth-order valence-corrected chi connectivity index (χ4v) is 2.67. The standard InChI is InChI=1S/C18H10ClF3O5/c19-12-3-1-2-10-13(23)7-14(27-17(10)12)9-4-5-11(18(20,21)22)15(6-9)26-8-16(24)25/h1-7H,8H2,(H,24,25). The smallest absolute Gasteiger partial charge is 0.419 e. The molecule has 0 fully saturated rings. The molecule has 0 saturated heterocycles.